The Balaban J connectivity index is 0.0000000952. The first kappa shape index (κ1) is 87.1. The van der Waals surface area contributed by atoms with Crippen LogP contribution in [-0.2, 0) is 0 Å². The molecule has 0 spiro atoms. The Hall–Kier alpha value is -16.9. The molecule has 0 bridgehead atoms. The number of hydrogen-bond donors (Lipinski definition) is 0. The second-order valence-electron chi connectivity index (χ2n) is 34.3. The first-order valence-electron chi connectivity index (χ1n) is 47.8. The third-order valence-corrected chi connectivity index (χ3v) is 26.3. The molecule has 136 heavy (non-hydrogen) atoms. The van der Waals surface area contributed by atoms with Gasteiger partial charge in [-0.15, -0.1) is 0 Å². The van der Waals surface area contributed by atoms with Crippen molar-refractivity contribution in [3.63, 3.8) is 0 Å². The minimum atomic E-state index is 0.565. The van der Waals surface area contributed by atoms with E-state index in [0.717, 1.165) is 0 Å². The highest BCUT2D eigenvalue weighted by Gasteiger charge is 2.23. The largest absolute Gasteiger partial charge is 0.0767 e. The van der Waals surface area contributed by atoms with Crippen molar-refractivity contribution >= 4 is 174 Å². The molecule has 0 fully saturated rings. The topological polar surface area (TPSA) is 0 Å². The van der Waals surface area contributed by atoms with Crippen LogP contribution in [0.25, 0.3) is 218 Å². The molecular weight excluding hydrogens is 1630 g/mol. The van der Waals surface area contributed by atoms with Crippen LogP contribution in [0, 0.1) is 11.8 Å². The van der Waals surface area contributed by atoms with Crippen molar-refractivity contribution < 1.29 is 0 Å². The van der Waals surface area contributed by atoms with Crippen LogP contribution in [-0.4, -0.2) is 0 Å². The van der Waals surface area contributed by atoms with E-state index in [1.54, 1.807) is 0 Å². The van der Waals surface area contributed by atoms with E-state index >= 15 is 0 Å². The summed E-state index contributed by atoms with van der Waals surface area (Å²) in [4.78, 5) is 0. The van der Waals surface area contributed by atoms with Gasteiger partial charge in [0, 0.05) is 11.8 Å². The molecule has 4 aliphatic carbocycles. The van der Waals surface area contributed by atoms with E-state index in [-0.39, 0.29) is 0 Å². The summed E-state index contributed by atoms with van der Waals surface area (Å²) in [5.41, 5.74) is 11.0. The Morgan fingerprint density at radius 2 is 0.331 bits per heavy atom. The maximum absolute atomic E-state index is 2.36. The summed E-state index contributed by atoms with van der Waals surface area (Å²) in [6.07, 6.45) is 13.5. The van der Waals surface area contributed by atoms with E-state index in [1.165, 1.54) is 217 Å². The van der Waals surface area contributed by atoms with Gasteiger partial charge in [0.1, 0.15) is 0 Å². The van der Waals surface area contributed by atoms with Gasteiger partial charge in [-0.2, -0.15) is 0 Å². The zero-order valence-corrected chi connectivity index (χ0v) is 77.1. The number of fused-ring (bicyclic) bond motifs is 21. The van der Waals surface area contributed by atoms with Gasteiger partial charge in [-0.25, -0.2) is 0 Å². The predicted octanol–water partition coefficient (Wildman–Crippen LogP) is 37.2. The van der Waals surface area contributed by atoms with Gasteiger partial charge in [-0.3, -0.25) is 0 Å². The van der Waals surface area contributed by atoms with Crippen molar-refractivity contribution in [2.24, 2.45) is 11.8 Å². The molecule has 2 unspecified atom stereocenters. The number of benzene rings is 26. The molecule has 0 nitrogen and oxygen atoms in total. The maximum atomic E-state index is 2.36. The second kappa shape index (κ2) is 40.9. The lowest BCUT2D eigenvalue weighted by atomic mass is 9.84. The molecule has 0 aliphatic heterocycles. The summed E-state index contributed by atoms with van der Waals surface area (Å²) >= 11 is 0. The highest BCUT2D eigenvalue weighted by molar-refractivity contribution is 6.24. The van der Waals surface area contributed by atoms with E-state index in [2.05, 4.69) is 510 Å². The SMILES string of the molecule is C1=CC2C=c3ccccc3=CC2C=C1.CC.CC.c1cc2ccc3cccc4ccc(c1)c2c34.c1ccc2c(c1)-c1cccc3cccc-2c13.c1ccc2c(c1)ccc1c3ccccc3ccc21.c1ccc2c(c1)ccc1ccccc12.c1ccc2cc3c(cc2c1)-c1cccc2cccc-3c12.c1ccc2cc3cc4ccccc4cc3cc2c1.c1ccc2ccccc2c1.c1ccccc1. The van der Waals surface area contributed by atoms with E-state index in [0.29, 0.717) is 11.8 Å². The zero-order valence-electron chi connectivity index (χ0n) is 77.1. The summed E-state index contributed by atoms with van der Waals surface area (Å²) < 4.78 is 0. The third-order valence-electron chi connectivity index (χ3n) is 26.3. The molecule has 26 aromatic carbocycles. The van der Waals surface area contributed by atoms with E-state index in [1.807, 2.05) is 64.1 Å². The monoisotopic (exact) mass is 1740 g/mol. The van der Waals surface area contributed by atoms with Crippen molar-refractivity contribution in [1.82, 2.24) is 0 Å². The van der Waals surface area contributed by atoms with Crippen molar-refractivity contribution in [1.29, 1.82) is 0 Å². The quantitative estimate of drug-likeness (QED) is 0.105. The Morgan fingerprint density at radius 3 is 0.640 bits per heavy atom. The molecule has 4 aliphatic rings. The van der Waals surface area contributed by atoms with E-state index in [9.17, 15) is 0 Å². The Labute approximate surface area is 796 Å². The average molecular weight is 1740 g/mol. The van der Waals surface area contributed by atoms with Crippen LogP contribution in [0.15, 0.2) is 534 Å². The zero-order chi connectivity index (χ0) is 91.9. The van der Waals surface area contributed by atoms with Crippen LogP contribution in [0.5, 0.6) is 0 Å². The lowest BCUT2D eigenvalue weighted by molar-refractivity contribution is 0.723. The van der Waals surface area contributed by atoms with Gasteiger partial charge in [0.15, 0.2) is 0 Å². The Morgan fingerprint density at radius 1 is 0.125 bits per heavy atom. The van der Waals surface area contributed by atoms with Crippen LogP contribution < -0.4 is 10.4 Å². The van der Waals surface area contributed by atoms with Crippen LogP contribution >= 0.6 is 0 Å². The number of rotatable bonds is 0. The molecule has 0 saturated carbocycles. The molecule has 0 amide bonds. The fraction of sp³-hybridized carbons (Fsp3) is 0.0441. The minimum absolute atomic E-state index is 0.565. The standard InChI is InChI=1S/C20H12.2C18H12.2C16H10.C14H10.C14H12.C10H8.C6H6.2C2H6/c1-2-6-15-12-19-17-10-4-8-13-7-3-9-16(20(13)17)18(19)11-14(15)5-1;1-3-7-15-13(5-1)9-11-18-16-8-4-2-6-14(16)10-12-17(15)18;1-2-6-14-10-18-12-16-8-4-3-7-15(16)11-17(18)9-13(14)5-1;1-3-11-7-9-13-5-2-6-14-10-8-12(4-1)15(11)16(13)14;1-2-8-13-12(7-1)14-9-3-5-11-6-4-10-15(13)16(11)14;1-3-7-13-11(5-1)9-10-12-6-2-4-8-14(12)13;1-2-6-12-10-14-8-4-3-7-13(14)9-11(12)5-1;1-2-6-10-8-4-3-7-9(10)5-1;1-2-4-6-5-3-1;2*1-2/h1-12H;2*1-12H;2*1-10H;1-10H;1-12H;1-8H;1-6H;2*1-2H3. The van der Waals surface area contributed by atoms with Crippen molar-refractivity contribution in [3.8, 4) is 44.5 Å². The Kier molecular flexibility index (Phi) is 26.2. The molecule has 26 aromatic rings. The summed E-state index contributed by atoms with van der Waals surface area (Å²) in [6.45, 7) is 8.00. The summed E-state index contributed by atoms with van der Waals surface area (Å²) in [5.74, 6) is 1.13. The van der Waals surface area contributed by atoms with Crippen molar-refractivity contribution in [3.05, 3.63) is 544 Å². The van der Waals surface area contributed by atoms with Gasteiger partial charge >= 0.3 is 0 Å². The summed E-state index contributed by atoms with van der Waals surface area (Å²) in [6, 6.07) is 181. The fourth-order valence-electron chi connectivity index (χ4n) is 20.0. The van der Waals surface area contributed by atoms with Crippen LogP contribution in [0.1, 0.15) is 27.7 Å². The molecule has 0 saturated heterocycles. The van der Waals surface area contributed by atoms with Crippen molar-refractivity contribution in [2.75, 3.05) is 0 Å². The van der Waals surface area contributed by atoms with Crippen LogP contribution in [0.2, 0.25) is 0 Å². The molecule has 648 valence electrons. The molecule has 0 radical (unpaired) electrons. The minimum Gasteiger partial charge on any atom is -0.0767 e. The molecule has 0 aromatic heterocycles. The molecule has 0 heterocycles. The fourth-order valence-corrected chi connectivity index (χ4v) is 20.0. The first-order valence-corrected chi connectivity index (χ1v) is 47.8. The van der Waals surface area contributed by atoms with E-state index in [4.69, 9.17) is 0 Å². The lowest BCUT2D eigenvalue weighted by Gasteiger charge is -2.20. The van der Waals surface area contributed by atoms with Crippen LogP contribution in [0.3, 0.4) is 0 Å². The molecule has 30 rings (SSSR count). The molecule has 0 N–H and O–H groups in total. The molecular formula is C136H104. The highest BCUT2D eigenvalue weighted by atomic mass is 14.3. The third kappa shape index (κ3) is 18.2. The maximum Gasteiger partial charge on any atom is 0.00569 e. The van der Waals surface area contributed by atoms with Gasteiger partial charge in [0.2, 0.25) is 0 Å². The number of allylic oxidation sites excluding steroid dienone is 4. The molecule has 2 atom stereocenters. The van der Waals surface area contributed by atoms with Gasteiger partial charge < -0.3 is 0 Å². The predicted molar refractivity (Wildman–Crippen MR) is 597 cm³/mol. The molecule has 0 heteroatoms. The van der Waals surface area contributed by atoms with Crippen LogP contribution in [0.4, 0.5) is 0 Å². The lowest BCUT2D eigenvalue weighted by Crippen LogP contribution is -2.31. The summed E-state index contributed by atoms with van der Waals surface area (Å²) in [7, 11) is 0. The van der Waals surface area contributed by atoms with E-state index < -0.39 is 0 Å². The van der Waals surface area contributed by atoms with Gasteiger partial charge in [-0.1, -0.05) is 537 Å². The number of hydrogen-bond acceptors (Lipinski definition) is 0. The van der Waals surface area contributed by atoms with Gasteiger partial charge in [0.25, 0.3) is 0 Å². The smallest absolute Gasteiger partial charge is 0.00569 e. The van der Waals surface area contributed by atoms with Crippen molar-refractivity contribution in [2.45, 2.75) is 27.7 Å². The highest BCUT2D eigenvalue weighted by Crippen LogP contribution is 2.50. The summed E-state index contributed by atoms with van der Waals surface area (Å²) in [5, 5.41) is 42.7. The first-order chi connectivity index (χ1) is 67.5. The second-order valence-corrected chi connectivity index (χ2v) is 34.3. The van der Waals surface area contributed by atoms with Gasteiger partial charge in [0.05, 0.1) is 0 Å². The average Bonchev–Trinajstić information content (AvgIpc) is 1.66. The Bertz CT molecular complexity index is 8300. The van der Waals surface area contributed by atoms with Gasteiger partial charge in [-0.05, 0) is 253 Å². The normalized spacial score (nSPS) is 12.6.